The third kappa shape index (κ3) is 6.99. The van der Waals surface area contributed by atoms with Gasteiger partial charge in [-0.05, 0) is 34.4 Å². The Labute approximate surface area is 177 Å². The molecule has 30 heavy (non-hydrogen) atoms. The first kappa shape index (κ1) is 23.1. The van der Waals surface area contributed by atoms with Crippen LogP contribution in [0.1, 0.15) is 52.2 Å². The van der Waals surface area contributed by atoms with Crippen LogP contribution in [0.15, 0.2) is 53.6 Å². The lowest BCUT2D eigenvalue weighted by Crippen LogP contribution is -2.26. The van der Waals surface area contributed by atoms with Crippen LogP contribution in [-0.2, 0) is 10.2 Å². The van der Waals surface area contributed by atoms with E-state index >= 15 is 0 Å². The van der Waals surface area contributed by atoms with E-state index in [0.29, 0.717) is 0 Å². The molecule has 0 bridgehead atoms. The van der Waals surface area contributed by atoms with Crippen molar-refractivity contribution in [3.05, 3.63) is 69.8 Å². The van der Waals surface area contributed by atoms with E-state index in [4.69, 9.17) is 4.74 Å². The number of benzene rings is 2. The largest absolute Gasteiger partial charge is 0.477 e. The highest BCUT2D eigenvalue weighted by Gasteiger charge is 2.29. The number of carbonyl (C=O) groups is 1. The van der Waals surface area contributed by atoms with Crippen LogP contribution in [0, 0.1) is 15.5 Å². The van der Waals surface area contributed by atoms with Crippen molar-refractivity contribution in [1.29, 1.82) is 0 Å². The zero-order chi connectivity index (χ0) is 22.4. The summed E-state index contributed by atoms with van der Waals surface area (Å²) in [4.78, 5) is 23.0. The molecule has 1 N–H and O–H groups in total. The average Bonchev–Trinajstić information content (AvgIpc) is 2.65. The van der Waals surface area contributed by atoms with Gasteiger partial charge in [0.15, 0.2) is 12.4 Å². The summed E-state index contributed by atoms with van der Waals surface area (Å²) in [5, 5.41) is 15.4. The van der Waals surface area contributed by atoms with Crippen molar-refractivity contribution in [3.8, 4) is 5.75 Å². The van der Waals surface area contributed by atoms with E-state index in [-0.39, 0.29) is 28.9 Å². The fourth-order valence-electron chi connectivity index (χ4n) is 3.52. The molecule has 0 saturated heterocycles. The molecule has 7 heteroatoms. The third-order valence-corrected chi connectivity index (χ3v) is 4.47. The summed E-state index contributed by atoms with van der Waals surface area (Å²) in [7, 11) is 0. The number of nitrogens with one attached hydrogen (secondary N) is 1. The molecule has 2 aromatic carbocycles. The van der Waals surface area contributed by atoms with Gasteiger partial charge in [0.05, 0.1) is 11.1 Å². The number of hydrogen-bond donors (Lipinski definition) is 1. The van der Waals surface area contributed by atoms with Crippen LogP contribution < -0.4 is 10.2 Å². The summed E-state index contributed by atoms with van der Waals surface area (Å²) in [5.74, 6) is -0.453. The van der Waals surface area contributed by atoms with Gasteiger partial charge >= 0.3 is 5.69 Å². The van der Waals surface area contributed by atoms with Crippen molar-refractivity contribution in [3.63, 3.8) is 0 Å². The van der Waals surface area contributed by atoms with Gasteiger partial charge in [-0.25, -0.2) is 5.43 Å². The summed E-state index contributed by atoms with van der Waals surface area (Å²) in [6, 6.07) is 14.2. The van der Waals surface area contributed by atoms with Crippen molar-refractivity contribution < 1.29 is 14.5 Å². The number of hydrogen-bond acceptors (Lipinski definition) is 5. The minimum atomic E-state index is -0.506. The van der Waals surface area contributed by atoms with Gasteiger partial charge in [-0.15, -0.1) is 0 Å². The van der Waals surface area contributed by atoms with Gasteiger partial charge in [-0.2, -0.15) is 5.10 Å². The van der Waals surface area contributed by atoms with Crippen LogP contribution in [0.5, 0.6) is 5.75 Å². The Morgan fingerprint density at radius 3 is 2.40 bits per heavy atom. The van der Waals surface area contributed by atoms with Crippen LogP contribution in [0.25, 0.3) is 0 Å². The molecule has 1 amide bonds. The average molecular weight is 412 g/mol. The second kappa shape index (κ2) is 9.52. The maximum absolute atomic E-state index is 12.0. The Morgan fingerprint density at radius 2 is 1.80 bits per heavy atom. The van der Waals surface area contributed by atoms with Crippen molar-refractivity contribution in [2.75, 3.05) is 6.61 Å². The fourth-order valence-corrected chi connectivity index (χ4v) is 3.52. The zero-order valence-corrected chi connectivity index (χ0v) is 18.1. The number of hydrazone groups is 1. The molecule has 7 nitrogen and oxygen atoms in total. The summed E-state index contributed by atoms with van der Waals surface area (Å²) in [6.07, 6.45) is 2.37. The van der Waals surface area contributed by atoms with Gasteiger partial charge in [-0.1, -0.05) is 71.0 Å². The summed E-state index contributed by atoms with van der Waals surface area (Å²) >= 11 is 0. The predicted molar refractivity (Wildman–Crippen MR) is 118 cm³/mol. The van der Waals surface area contributed by atoms with Gasteiger partial charge in [0, 0.05) is 6.07 Å². The van der Waals surface area contributed by atoms with Gasteiger partial charge in [0.2, 0.25) is 0 Å². The van der Waals surface area contributed by atoms with E-state index in [2.05, 4.69) is 45.1 Å². The standard InChI is InChI=1S/C23H29N3O4/c1-22(2,3)16-23(4,5)18-11-12-20(19(13-18)26(28)29)30-15-21(27)25-24-14-17-9-7-6-8-10-17/h6-14H,15-16H2,1-5H3,(H,25,27)/b24-14-. The van der Waals surface area contributed by atoms with Gasteiger partial charge in [0.1, 0.15) is 0 Å². The molecule has 2 rings (SSSR count). The smallest absolute Gasteiger partial charge is 0.311 e. The van der Waals surface area contributed by atoms with Gasteiger partial charge in [0.25, 0.3) is 5.91 Å². The molecule has 0 radical (unpaired) electrons. The molecular formula is C23H29N3O4. The fraction of sp³-hybridized carbons (Fsp3) is 0.391. The van der Waals surface area contributed by atoms with E-state index in [9.17, 15) is 14.9 Å². The Balaban J connectivity index is 2.06. The number of nitro benzene ring substituents is 1. The predicted octanol–water partition coefficient (Wildman–Crippen LogP) is 4.84. The highest BCUT2D eigenvalue weighted by Crippen LogP contribution is 2.39. The number of nitrogens with zero attached hydrogens (tertiary/aromatic N) is 2. The number of amides is 1. The minimum absolute atomic E-state index is 0.0532. The van der Waals surface area contributed by atoms with E-state index < -0.39 is 10.8 Å². The Hall–Kier alpha value is -3.22. The molecule has 0 fully saturated rings. The second-order valence-electron chi connectivity index (χ2n) is 9.05. The molecule has 0 saturated carbocycles. The molecule has 160 valence electrons. The molecule has 0 aliphatic rings. The van der Waals surface area contributed by atoms with Crippen molar-refractivity contribution >= 4 is 17.8 Å². The number of rotatable bonds is 8. The molecular weight excluding hydrogens is 382 g/mol. The Kier molecular flexibility index (Phi) is 7.32. The summed E-state index contributed by atoms with van der Waals surface area (Å²) in [6.45, 7) is 10.2. The van der Waals surface area contributed by atoms with Crippen molar-refractivity contribution in [2.45, 2.75) is 46.5 Å². The van der Waals surface area contributed by atoms with Crippen LogP contribution in [0.2, 0.25) is 0 Å². The van der Waals surface area contributed by atoms with Gasteiger partial charge < -0.3 is 4.74 Å². The van der Waals surface area contributed by atoms with Crippen LogP contribution in [0.3, 0.4) is 0 Å². The molecule has 0 heterocycles. The molecule has 0 atom stereocenters. The van der Waals surface area contributed by atoms with Crippen molar-refractivity contribution in [1.82, 2.24) is 5.43 Å². The van der Waals surface area contributed by atoms with E-state index in [1.807, 2.05) is 36.4 Å². The lowest BCUT2D eigenvalue weighted by Gasteiger charge is -2.33. The normalized spacial score (nSPS) is 12.0. The first-order valence-corrected chi connectivity index (χ1v) is 9.77. The topological polar surface area (TPSA) is 93.8 Å². The Bertz CT molecular complexity index is 916. The molecule has 0 spiro atoms. The first-order valence-electron chi connectivity index (χ1n) is 9.77. The van der Waals surface area contributed by atoms with E-state index in [1.54, 1.807) is 6.07 Å². The molecule has 0 aliphatic carbocycles. The van der Waals surface area contributed by atoms with Crippen LogP contribution in [-0.4, -0.2) is 23.7 Å². The maximum Gasteiger partial charge on any atom is 0.311 e. The first-order chi connectivity index (χ1) is 14.0. The molecule has 0 aliphatic heterocycles. The molecule has 0 unspecified atom stereocenters. The van der Waals surface area contributed by atoms with E-state index in [0.717, 1.165) is 17.5 Å². The number of carbonyl (C=O) groups excluding carboxylic acids is 1. The lowest BCUT2D eigenvalue weighted by molar-refractivity contribution is -0.385. The summed E-state index contributed by atoms with van der Waals surface area (Å²) in [5.41, 5.74) is 3.71. The minimum Gasteiger partial charge on any atom is -0.477 e. The second-order valence-corrected chi connectivity index (χ2v) is 9.05. The Morgan fingerprint density at radius 1 is 1.13 bits per heavy atom. The quantitative estimate of drug-likeness (QED) is 0.382. The lowest BCUT2D eigenvalue weighted by atomic mass is 9.72. The maximum atomic E-state index is 12.0. The molecule has 0 aromatic heterocycles. The third-order valence-electron chi connectivity index (χ3n) is 4.47. The number of ether oxygens (including phenoxy) is 1. The zero-order valence-electron chi connectivity index (χ0n) is 18.1. The van der Waals surface area contributed by atoms with Gasteiger partial charge in [-0.3, -0.25) is 14.9 Å². The summed E-state index contributed by atoms with van der Waals surface area (Å²) < 4.78 is 5.40. The SMILES string of the molecule is CC(C)(C)CC(C)(C)c1ccc(OCC(=O)N/N=C\c2ccccc2)c([N+](=O)[O-])c1. The highest BCUT2D eigenvalue weighted by molar-refractivity contribution is 5.82. The molecule has 2 aromatic rings. The van der Waals surface area contributed by atoms with E-state index in [1.165, 1.54) is 12.3 Å². The van der Waals surface area contributed by atoms with Crippen molar-refractivity contribution in [2.24, 2.45) is 10.5 Å². The van der Waals surface area contributed by atoms with Crippen LogP contribution >= 0.6 is 0 Å². The highest BCUT2D eigenvalue weighted by atomic mass is 16.6. The monoisotopic (exact) mass is 411 g/mol. The number of nitro groups is 1. The van der Waals surface area contributed by atoms with Crippen LogP contribution in [0.4, 0.5) is 5.69 Å².